The second-order valence-electron chi connectivity index (χ2n) is 5.98. The van der Waals surface area contributed by atoms with Gasteiger partial charge in [-0.2, -0.15) is 0 Å². The van der Waals surface area contributed by atoms with Crippen LogP contribution in [-0.2, 0) is 0 Å². The third-order valence-corrected chi connectivity index (χ3v) is 4.12. The zero-order valence-electron chi connectivity index (χ0n) is 13.2. The number of benzene rings is 1. The minimum Gasteiger partial charge on any atom is -0.349 e. The number of nitrogens with zero attached hydrogens (tertiary/aromatic N) is 1. The van der Waals surface area contributed by atoms with Crippen molar-refractivity contribution >= 4 is 17.5 Å². The van der Waals surface area contributed by atoms with Crippen LogP contribution in [0.25, 0.3) is 0 Å². The largest absolute Gasteiger partial charge is 0.349 e. The van der Waals surface area contributed by atoms with E-state index in [4.69, 9.17) is 0 Å². The summed E-state index contributed by atoms with van der Waals surface area (Å²) in [4.78, 5) is 28.7. The van der Waals surface area contributed by atoms with E-state index in [-0.39, 0.29) is 17.9 Å². The molecular formula is C18H19N3O2. The number of amides is 2. The van der Waals surface area contributed by atoms with Crippen molar-refractivity contribution in [2.75, 3.05) is 5.32 Å². The fourth-order valence-corrected chi connectivity index (χ4v) is 2.48. The molecule has 0 radical (unpaired) electrons. The summed E-state index contributed by atoms with van der Waals surface area (Å²) in [5, 5.41) is 5.85. The summed E-state index contributed by atoms with van der Waals surface area (Å²) >= 11 is 0. The van der Waals surface area contributed by atoms with Gasteiger partial charge in [0.1, 0.15) is 0 Å². The Morgan fingerprint density at radius 2 is 1.83 bits per heavy atom. The van der Waals surface area contributed by atoms with Crippen LogP contribution >= 0.6 is 0 Å². The standard InChI is InChI=1S/C18H19N3O2/c1-11-4-3-5-14(18(23)20-15-10-12(15)2)16(11)21-17(22)13-6-8-19-9-7-13/h3-9,12,15H,10H2,1-2H3,(H,20,23)(H,21,22). The van der Waals surface area contributed by atoms with Gasteiger partial charge < -0.3 is 10.6 Å². The van der Waals surface area contributed by atoms with E-state index in [1.54, 1.807) is 30.6 Å². The summed E-state index contributed by atoms with van der Waals surface area (Å²) in [5.41, 5.74) is 2.40. The Labute approximate surface area is 135 Å². The number of para-hydroxylation sites is 1. The van der Waals surface area contributed by atoms with Gasteiger partial charge in [-0.15, -0.1) is 0 Å². The molecule has 0 aliphatic heterocycles. The molecule has 0 bridgehead atoms. The molecule has 1 saturated carbocycles. The van der Waals surface area contributed by atoms with Crippen LogP contribution in [0.3, 0.4) is 0 Å². The molecule has 1 heterocycles. The van der Waals surface area contributed by atoms with E-state index in [2.05, 4.69) is 22.5 Å². The smallest absolute Gasteiger partial charge is 0.255 e. The molecule has 1 aromatic carbocycles. The number of pyridine rings is 1. The van der Waals surface area contributed by atoms with Crippen LogP contribution in [0.4, 0.5) is 5.69 Å². The predicted molar refractivity (Wildman–Crippen MR) is 88.4 cm³/mol. The van der Waals surface area contributed by atoms with Gasteiger partial charge in [-0.3, -0.25) is 14.6 Å². The van der Waals surface area contributed by atoms with Crippen LogP contribution in [0, 0.1) is 12.8 Å². The molecule has 1 aromatic heterocycles. The number of aromatic nitrogens is 1. The molecule has 2 amide bonds. The van der Waals surface area contributed by atoms with E-state index in [0.29, 0.717) is 22.7 Å². The Bertz CT molecular complexity index is 743. The first-order valence-corrected chi connectivity index (χ1v) is 7.68. The van der Waals surface area contributed by atoms with Crippen LogP contribution < -0.4 is 10.6 Å². The second kappa shape index (κ2) is 6.20. The molecule has 1 aliphatic rings. The summed E-state index contributed by atoms with van der Waals surface area (Å²) in [7, 11) is 0. The van der Waals surface area contributed by atoms with Crippen LogP contribution in [0.2, 0.25) is 0 Å². The monoisotopic (exact) mass is 309 g/mol. The number of carbonyl (C=O) groups is 2. The highest BCUT2D eigenvalue weighted by molar-refractivity contribution is 6.09. The number of hydrogen-bond acceptors (Lipinski definition) is 3. The first-order chi connectivity index (χ1) is 11.1. The van der Waals surface area contributed by atoms with Crippen molar-refractivity contribution in [3.05, 3.63) is 59.4 Å². The predicted octanol–water partition coefficient (Wildman–Crippen LogP) is 2.78. The van der Waals surface area contributed by atoms with E-state index in [9.17, 15) is 9.59 Å². The Hall–Kier alpha value is -2.69. The normalized spacial score (nSPS) is 19.0. The van der Waals surface area contributed by atoms with Gasteiger partial charge in [0.15, 0.2) is 0 Å². The Morgan fingerprint density at radius 1 is 1.13 bits per heavy atom. The topological polar surface area (TPSA) is 71.1 Å². The maximum Gasteiger partial charge on any atom is 0.255 e. The number of hydrogen-bond donors (Lipinski definition) is 2. The van der Waals surface area contributed by atoms with Gasteiger partial charge in [0, 0.05) is 24.0 Å². The minimum absolute atomic E-state index is 0.145. The zero-order valence-corrected chi connectivity index (χ0v) is 13.2. The molecule has 5 nitrogen and oxygen atoms in total. The molecule has 2 N–H and O–H groups in total. The van der Waals surface area contributed by atoms with Crippen molar-refractivity contribution in [3.63, 3.8) is 0 Å². The summed E-state index contributed by atoms with van der Waals surface area (Å²) in [6.07, 6.45) is 4.14. The number of carbonyl (C=O) groups excluding carboxylic acids is 2. The maximum atomic E-state index is 12.5. The van der Waals surface area contributed by atoms with Crippen LogP contribution in [0.15, 0.2) is 42.7 Å². The molecule has 0 spiro atoms. The van der Waals surface area contributed by atoms with Crippen LogP contribution in [-0.4, -0.2) is 22.8 Å². The van der Waals surface area contributed by atoms with E-state index >= 15 is 0 Å². The molecule has 23 heavy (non-hydrogen) atoms. The van der Waals surface area contributed by atoms with Crippen molar-refractivity contribution in [1.29, 1.82) is 0 Å². The summed E-state index contributed by atoms with van der Waals surface area (Å²) in [6.45, 7) is 3.98. The number of aryl methyl sites for hydroxylation is 1. The maximum absolute atomic E-state index is 12.5. The zero-order chi connectivity index (χ0) is 16.4. The van der Waals surface area contributed by atoms with Gasteiger partial charge in [-0.1, -0.05) is 19.1 Å². The van der Waals surface area contributed by atoms with E-state index in [1.807, 2.05) is 19.1 Å². The third kappa shape index (κ3) is 3.39. The lowest BCUT2D eigenvalue weighted by molar-refractivity contribution is 0.0950. The lowest BCUT2D eigenvalue weighted by Gasteiger charge is -2.14. The van der Waals surface area contributed by atoms with Gasteiger partial charge >= 0.3 is 0 Å². The molecule has 0 saturated heterocycles. The van der Waals surface area contributed by atoms with Gasteiger partial charge in [-0.25, -0.2) is 0 Å². The highest BCUT2D eigenvalue weighted by atomic mass is 16.2. The van der Waals surface area contributed by atoms with Crippen molar-refractivity contribution < 1.29 is 9.59 Å². The Kier molecular flexibility index (Phi) is 4.10. The Morgan fingerprint density at radius 3 is 2.48 bits per heavy atom. The summed E-state index contributed by atoms with van der Waals surface area (Å²) in [5.74, 6) is 0.127. The van der Waals surface area contributed by atoms with Crippen LogP contribution in [0.5, 0.6) is 0 Å². The molecule has 2 atom stereocenters. The fourth-order valence-electron chi connectivity index (χ4n) is 2.48. The summed E-state index contributed by atoms with van der Waals surface area (Å²) in [6, 6.07) is 8.95. The van der Waals surface area contributed by atoms with Crippen molar-refractivity contribution in [3.8, 4) is 0 Å². The average molecular weight is 309 g/mol. The van der Waals surface area contributed by atoms with Gasteiger partial charge in [0.2, 0.25) is 0 Å². The molecule has 1 aliphatic carbocycles. The molecule has 2 unspecified atom stereocenters. The van der Waals surface area contributed by atoms with Gasteiger partial charge in [-0.05, 0) is 43.0 Å². The van der Waals surface area contributed by atoms with E-state index in [0.717, 1.165) is 12.0 Å². The highest BCUT2D eigenvalue weighted by Crippen LogP contribution is 2.30. The van der Waals surface area contributed by atoms with Crippen molar-refractivity contribution in [2.24, 2.45) is 5.92 Å². The number of anilines is 1. The second-order valence-corrected chi connectivity index (χ2v) is 5.98. The molecule has 1 fully saturated rings. The molecule has 2 aromatic rings. The quantitative estimate of drug-likeness (QED) is 0.912. The minimum atomic E-state index is -0.254. The molecule has 118 valence electrons. The first kappa shape index (κ1) is 15.2. The van der Waals surface area contributed by atoms with E-state index in [1.165, 1.54) is 0 Å². The van der Waals surface area contributed by atoms with E-state index < -0.39 is 0 Å². The number of nitrogens with one attached hydrogen (secondary N) is 2. The van der Waals surface area contributed by atoms with Crippen molar-refractivity contribution in [1.82, 2.24) is 10.3 Å². The highest BCUT2D eigenvalue weighted by Gasteiger charge is 2.34. The third-order valence-electron chi connectivity index (χ3n) is 4.12. The number of rotatable bonds is 4. The summed E-state index contributed by atoms with van der Waals surface area (Å²) < 4.78 is 0. The average Bonchev–Trinajstić information content (AvgIpc) is 3.24. The molecule has 5 heteroatoms. The first-order valence-electron chi connectivity index (χ1n) is 7.68. The lowest BCUT2D eigenvalue weighted by atomic mass is 10.1. The lowest BCUT2D eigenvalue weighted by Crippen LogP contribution is -2.28. The van der Waals surface area contributed by atoms with Gasteiger partial charge in [0.25, 0.3) is 11.8 Å². The van der Waals surface area contributed by atoms with Gasteiger partial charge in [0.05, 0.1) is 11.3 Å². The molecular weight excluding hydrogens is 290 g/mol. The SMILES string of the molecule is Cc1cccc(C(=O)NC2CC2C)c1NC(=O)c1ccncc1. The molecule has 3 rings (SSSR count). The Balaban J connectivity index is 1.83. The van der Waals surface area contributed by atoms with Crippen LogP contribution in [0.1, 0.15) is 39.6 Å². The fraction of sp³-hybridized carbons (Fsp3) is 0.278. The van der Waals surface area contributed by atoms with Crippen molar-refractivity contribution in [2.45, 2.75) is 26.3 Å².